The van der Waals surface area contributed by atoms with Gasteiger partial charge in [0.05, 0.1) is 18.5 Å². The first-order chi connectivity index (χ1) is 13.7. The molecule has 0 spiro atoms. The van der Waals surface area contributed by atoms with Crippen molar-refractivity contribution >= 4 is 11.6 Å². The number of nitrogens with zero attached hydrogens (tertiary/aromatic N) is 5. The van der Waals surface area contributed by atoms with Crippen molar-refractivity contribution < 1.29 is 14.1 Å². The van der Waals surface area contributed by atoms with Crippen molar-refractivity contribution in [3.8, 4) is 22.6 Å². The lowest BCUT2D eigenvalue weighted by Crippen LogP contribution is -2.28. The molecule has 0 radical (unpaired) electrons. The molecule has 0 saturated carbocycles. The van der Waals surface area contributed by atoms with E-state index in [1.54, 1.807) is 17.8 Å². The maximum absolute atomic E-state index is 11.8. The summed E-state index contributed by atoms with van der Waals surface area (Å²) in [5, 5.41) is 10.9. The van der Waals surface area contributed by atoms with Gasteiger partial charge in [-0.1, -0.05) is 23.4 Å². The quantitative estimate of drug-likeness (QED) is 0.488. The van der Waals surface area contributed by atoms with Gasteiger partial charge in [-0.05, 0) is 18.2 Å². The van der Waals surface area contributed by atoms with Gasteiger partial charge in [0, 0.05) is 31.0 Å². The molecule has 28 heavy (non-hydrogen) atoms. The van der Waals surface area contributed by atoms with Crippen LogP contribution in [0.25, 0.3) is 28.3 Å². The second kappa shape index (κ2) is 7.97. The van der Waals surface area contributed by atoms with Gasteiger partial charge in [0.15, 0.2) is 5.65 Å². The molecule has 3 aromatic heterocycles. The molecule has 3 heterocycles. The molecule has 0 unspecified atom stereocenters. The van der Waals surface area contributed by atoms with Crippen molar-refractivity contribution in [2.75, 3.05) is 20.3 Å². The SMILES string of the molecule is COCCNC(=O)Cc1nc(-c2cccc(-c3cn4ncccc4n3)c2)no1. The minimum Gasteiger partial charge on any atom is -0.383 e. The molecule has 0 aliphatic rings. The predicted molar refractivity (Wildman–Crippen MR) is 100 cm³/mol. The Hall–Kier alpha value is -3.59. The van der Waals surface area contributed by atoms with Crippen LogP contribution in [-0.2, 0) is 16.0 Å². The van der Waals surface area contributed by atoms with E-state index in [2.05, 4.69) is 25.5 Å². The summed E-state index contributed by atoms with van der Waals surface area (Å²) >= 11 is 0. The highest BCUT2D eigenvalue weighted by Gasteiger charge is 2.13. The molecule has 0 aliphatic carbocycles. The molecule has 0 saturated heterocycles. The Kier molecular flexibility index (Phi) is 5.07. The van der Waals surface area contributed by atoms with Crippen LogP contribution in [0.15, 0.2) is 53.3 Å². The summed E-state index contributed by atoms with van der Waals surface area (Å²) in [6.07, 6.45) is 3.59. The zero-order valence-electron chi connectivity index (χ0n) is 15.2. The lowest BCUT2D eigenvalue weighted by molar-refractivity contribution is -0.120. The number of imidazole rings is 1. The lowest BCUT2D eigenvalue weighted by Gasteiger charge is -2.01. The van der Waals surface area contributed by atoms with E-state index in [1.807, 2.05) is 42.6 Å². The lowest BCUT2D eigenvalue weighted by atomic mass is 10.1. The van der Waals surface area contributed by atoms with Gasteiger partial charge in [0.25, 0.3) is 0 Å². The molecule has 0 atom stereocenters. The van der Waals surface area contributed by atoms with Gasteiger partial charge in [-0.2, -0.15) is 10.1 Å². The number of methoxy groups -OCH3 is 1. The first-order valence-electron chi connectivity index (χ1n) is 8.72. The second-order valence-electron chi connectivity index (χ2n) is 6.06. The minimum absolute atomic E-state index is 0.0223. The van der Waals surface area contributed by atoms with Gasteiger partial charge in [0.1, 0.15) is 6.42 Å². The van der Waals surface area contributed by atoms with Crippen molar-refractivity contribution in [3.05, 3.63) is 54.7 Å². The summed E-state index contributed by atoms with van der Waals surface area (Å²) in [6.45, 7) is 0.887. The highest BCUT2D eigenvalue weighted by Crippen LogP contribution is 2.24. The molecular weight excluding hydrogens is 360 g/mol. The first-order valence-corrected chi connectivity index (χ1v) is 8.72. The van der Waals surface area contributed by atoms with Gasteiger partial charge < -0.3 is 14.6 Å². The third-order valence-electron chi connectivity index (χ3n) is 4.06. The standard InChI is InChI=1S/C19H18N6O3/c1-27-9-8-20-17(26)11-18-23-19(24-28-18)14-5-2-4-13(10-14)15-12-25-16(22-15)6-3-7-21-25/h2-7,10,12H,8-9,11H2,1H3,(H,20,26). The number of aromatic nitrogens is 5. The number of nitrogens with one attached hydrogen (secondary N) is 1. The van der Waals surface area contributed by atoms with Crippen molar-refractivity contribution in [1.29, 1.82) is 0 Å². The molecule has 4 aromatic rings. The average molecular weight is 378 g/mol. The molecule has 0 fully saturated rings. The Morgan fingerprint density at radius 3 is 2.96 bits per heavy atom. The largest absolute Gasteiger partial charge is 0.383 e. The molecule has 4 rings (SSSR count). The smallest absolute Gasteiger partial charge is 0.236 e. The van der Waals surface area contributed by atoms with Crippen LogP contribution in [0, 0.1) is 0 Å². The summed E-state index contributed by atoms with van der Waals surface area (Å²) in [5.41, 5.74) is 3.25. The van der Waals surface area contributed by atoms with Crippen LogP contribution >= 0.6 is 0 Å². The summed E-state index contributed by atoms with van der Waals surface area (Å²) < 4.78 is 11.8. The van der Waals surface area contributed by atoms with Crippen molar-refractivity contribution in [2.45, 2.75) is 6.42 Å². The number of rotatable bonds is 7. The fourth-order valence-corrected chi connectivity index (χ4v) is 2.72. The van der Waals surface area contributed by atoms with Gasteiger partial charge in [-0.15, -0.1) is 0 Å². The second-order valence-corrected chi connectivity index (χ2v) is 6.06. The van der Waals surface area contributed by atoms with E-state index in [0.717, 1.165) is 22.5 Å². The van der Waals surface area contributed by atoms with E-state index in [-0.39, 0.29) is 18.2 Å². The number of carbonyl (C=O) groups excluding carboxylic acids is 1. The van der Waals surface area contributed by atoms with Gasteiger partial charge in [-0.25, -0.2) is 9.50 Å². The number of hydrogen-bond acceptors (Lipinski definition) is 7. The summed E-state index contributed by atoms with van der Waals surface area (Å²) in [6, 6.07) is 11.4. The average Bonchev–Trinajstić information content (AvgIpc) is 3.35. The molecule has 9 heteroatoms. The van der Waals surface area contributed by atoms with Gasteiger partial charge >= 0.3 is 0 Å². The number of benzene rings is 1. The topological polar surface area (TPSA) is 107 Å². The summed E-state index contributed by atoms with van der Waals surface area (Å²) in [4.78, 5) is 20.7. The third-order valence-corrected chi connectivity index (χ3v) is 4.06. The predicted octanol–water partition coefficient (Wildman–Crippen LogP) is 1.75. The summed E-state index contributed by atoms with van der Waals surface area (Å²) in [7, 11) is 1.58. The Bertz CT molecular complexity index is 1070. The van der Waals surface area contributed by atoms with Crippen molar-refractivity contribution in [1.82, 2.24) is 30.1 Å². The minimum atomic E-state index is -0.196. The molecular formula is C19H18N6O3. The molecule has 0 aliphatic heterocycles. The van der Waals surface area contributed by atoms with Crippen LogP contribution in [0.2, 0.25) is 0 Å². The molecule has 1 amide bonds. The highest BCUT2D eigenvalue weighted by molar-refractivity contribution is 5.77. The summed E-state index contributed by atoms with van der Waals surface area (Å²) in [5.74, 6) is 0.480. The maximum atomic E-state index is 11.8. The van der Waals surface area contributed by atoms with E-state index < -0.39 is 0 Å². The Balaban J connectivity index is 1.52. The molecule has 142 valence electrons. The Labute approximate surface area is 160 Å². The zero-order chi connectivity index (χ0) is 19.3. The fraction of sp³-hybridized carbons (Fsp3) is 0.211. The van der Waals surface area contributed by atoms with E-state index in [0.29, 0.717) is 19.0 Å². The Morgan fingerprint density at radius 1 is 1.21 bits per heavy atom. The van der Waals surface area contributed by atoms with Crippen LogP contribution < -0.4 is 5.32 Å². The highest BCUT2D eigenvalue weighted by atomic mass is 16.5. The Morgan fingerprint density at radius 2 is 2.11 bits per heavy atom. The monoisotopic (exact) mass is 378 g/mol. The number of fused-ring (bicyclic) bond motifs is 1. The van der Waals surface area contributed by atoms with Crippen LogP contribution in [0.4, 0.5) is 0 Å². The number of carbonyl (C=O) groups is 1. The molecule has 1 aromatic carbocycles. The maximum Gasteiger partial charge on any atom is 0.236 e. The van der Waals surface area contributed by atoms with Crippen molar-refractivity contribution in [3.63, 3.8) is 0 Å². The first kappa shape index (κ1) is 17.8. The van der Waals surface area contributed by atoms with Crippen LogP contribution in [0.5, 0.6) is 0 Å². The van der Waals surface area contributed by atoms with E-state index in [4.69, 9.17) is 9.26 Å². The number of amides is 1. The van der Waals surface area contributed by atoms with E-state index in [9.17, 15) is 4.79 Å². The molecule has 0 bridgehead atoms. The van der Waals surface area contributed by atoms with Gasteiger partial charge in [0.2, 0.25) is 17.6 Å². The van der Waals surface area contributed by atoms with E-state index in [1.165, 1.54) is 0 Å². The van der Waals surface area contributed by atoms with Crippen LogP contribution in [0.3, 0.4) is 0 Å². The number of hydrogen-bond donors (Lipinski definition) is 1. The van der Waals surface area contributed by atoms with Gasteiger partial charge in [-0.3, -0.25) is 4.79 Å². The fourth-order valence-electron chi connectivity index (χ4n) is 2.72. The van der Waals surface area contributed by atoms with Crippen LogP contribution in [0.1, 0.15) is 5.89 Å². The van der Waals surface area contributed by atoms with Crippen molar-refractivity contribution in [2.24, 2.45) is 0 Å². The molecule has 1 N–H and O–H groups in total. The zero-order valence-corrected chi connectivity index (χ0v) is 15.2. The third kappa shape index (κ3) is 3.89. The number of ether oxygens (including phenoxy) is 1. The van der Waals surface area contributed by atoms with Crippen LogP contribution in [-0.4, -0.2) is 50.9 Å². The van der Waals surface area contributed by atoms with E-state index >= 15 is 0 Å². The normalized spacial score (nSPS) is 11.0. The molecule has 9 nitrogen and oxygen atoms in total.